The van der Waals surface area contributed by atoms with Crippen LogP contribution in [0.25, 0.3) is 0 Å². The number of nitrogens with two attached hydrogens (primary N) is 1. The minimum absolute atomic E-state index is 0.0137. The zero-order valence-corrected chi connectivity index (χ0v) is 21.2. The van der Waals surface area contributed by atoms with Gasteiger partial charge in [0.05, 0.1) is 6.42 Å². The quantitative estimate of drug-likeness (QED) is 0.474. The number of hydrogen-bond acceptors (Lipinski definition) is 5. The molecule has 9 nitrogen and oxygen atoms in total. The first-order valence-corrected chi connectivity index (χ1v) is 11.1. The summed E-state index contributed by atoms with van der Waals surface area (Å²) in [6.07, 6.45) is 0.127. The Morgan fingerprint density at radius 2 is 1.65 bits per heavy atom. The van der Waals surface area contributed by atoms with Crippen molar-refractivity contribution < 1.29 is 23.9 Å². The molecule has 0 aliphatic rings. The second-order valence-electron chi connectivity index (χ2n) is 10.2. The molecule has 1 aromatic rings. The van der Waals surface area contributed by atoms with Crippen LogP contribution >= 0.6 is 0 Å². The van der Waals surface area contributed by atoms with Gasteiger partial charge in [0.2, 0.25) is 17.7 Å². The number of carbonyl (C=O) groups is 4. The molecule has 0 bridgehead atoms. The highest BCUT2D eigenvalue weighted by Gasteiger charge is 2.37. The first-order valence-electron chi connectivity index (χ1n) is 11.1. The van der Waals surface area contributed by atoms with Crippen LogP contribution in [0.1, 0.15) is 65.1 Å². The third-order valence-electron chi connectivity index (χ3n) is 4.45. The Morgan fingerprint density at radius 3 is 2.09 bits per heavy atom. The van der Waals surface area contributed by atoms with Crippen LogP contribution in [-0.2, 0) is 19.1 Å². The average molecular weight is 475 g/mol. The van der Waals surface area contributed by atoms with E-state index in [9.17, 15) is 19.2 Å². The van der Waals surface area contributed by atoms with Gasteiger partial charge >= 0.3 is 6.09 Å². The van der Waals surface area contributed by atoms with Crippen molar-refractivity contribution in [1.29, 1.82) is 0 Å². The summed E-state index contributed by atoms with van der Waals surface area (Å²) in [6.45, 7) is 16.1. The van der Waals surface area contributed by atoms with Gasteiger partial charge in [-0.1, -0.05) is 35.9 Å². The molecule has 0 radical (unpaired) electrons. The van der Waals surface area contributed by atoms with Crippen LogP contribution < -0.4 is 16.4 Å². The van der Waals surface area contributed by atoms with Crippen LogP contribution in [0.15, 0.2) is 36.9 Å². The lowest BCUT2D eigenvalue weighted by atomic mass is 9.99. The van der Waals surface area contributed by atoms with Gasteiger partial charge in [0.15, 0.2) is 0 Å². The normalized spacial score (nSPS) is 13.3. The van der Waals surface area contributed by atoms with Crippen molar-refractivity contribution >= 4 is 23.8 Å². The molecule has 0 saturated carbocycles. The molecular weight excluding hydrogens is 436 g/mol. The molecule has 0 saturated heterocycles. The summed E-state index contributed by atoms with van der Waals surface area (Å²) in [5.41, 5.74) is 5.52. The molecular formula is C25H38N4O5. The molecule has 1 aromatic carbocycles. The Morgan fingerprint density at radius 1 is 1.09 bits per heavy atom. The van der Waals surface area contributed by atoms with E-state index in [-0.39, 0.29) is 6.54 Å². The molecule has 0 aliphatic heterocycles. The first kappa shape index (κ1) is 28.7. The van der Waals surface area contributed by atoms with Crippen molar-refractivity contribution in [1.82, 2.24) is 15.5 Å². The number of rotatable bonds is 9. The van der Waals surface area contributed by atoms with Crippen LogP contribution in [0, 0.1) is 6.92 Å². The Hall–Kier alpha value is -3.36. The van der Waals surface area contributed by atoms with Gasteiger partial charge in [0.25, 0.3) is 0 Å². The molecule has 0 fully saturated rings. The number of amides is 4. The van der Waals surface area contributed by atoms with E-state index in [2.05, 4.69) is 17.2 Å². The van der Waals surface area contributed by atoms with Gasteiger partial charge in [-0.05, 0) is 54.0 Å². The second kappa shape index (κ2) is 11.7. The van der Waals surface area contributed by atoms with E-state index < -0.39 is 53.5 Å². The maximum atomic E-state index is 13.6. The Kier molecular flexibility index (Phi) is 9.84. The lowest BCUT2D eigenvalue weighted by Crippen LogP contribution is -2.55. The highest BCUT2D eigenvalue weighted by molar-refractivity contribution is 5.94. The molecule has 34 heavy (non-hydrogen) atoms. The summed E-state index contributed by atoms with van der Waals surface area (Å²) in [7, 11) is 0. The van der Waals surface area contributed by atoms with Crippen LogP contribution in [0.5, 0.6) is 0 Å². The van der Waals surface area contributed by atoms with Crippen molar-refractivity contribution in [3.05, 3.63) is 48.0 Å². The number of carbonyl (C=O) groups excluding carboxylic acids is 4. The van der Waals surface area contributed by atoms with Gasteiger partial charge in [-0.25, -0.2) is 4.79 Å². The third-order valence-corrected chi connectivity index (χ3v) is 4.45. The summed E-state index contributed by atoms with van der Waals surface area (Å²) in [5, 5.41) is 5.33. The molecule has 0 aliphatic carbocycles. The van der Waals surface area contributed by atoms with Crippen molar-refractivity contribution in [2.45, 2.75) is 78.1 Å². The van der Waals surface area contributed by atoms with E-state index in [1.165, 1.54) is 11.0 Å². The molecule has 4 N–H and O–H groups in total. The lowest BCUT2D eigenvalue weighted by molar-refractivity contribution is -0.143. The number of nitrogens with zero attached hydrogens (tertiary/aromatic N) is 1. The molecule has 2 unspecified atom stereocenters. The highest BCUT2D eigenvalue weighted by atomic mass is 16.6. The number of hydrogen-bond donors (Lipinski definition) is 3. The van der Waals surface area contributed by atoms with Gasteiger partial charge in [0.1, 0.15) is 17.7 Å². The molecule has 1 rings (SSSR count). The van der Waals surface area contributed by atoms with E-state index in [1.807, 2.05) is 39.8 Å². The molecule has 0 aromatic heterocycles. The fourth-order valence-corrected chi connectivity index (χ4v) is 3.17. The van der Waals surface area contributed by atoms with Gasteiger partial charge in [0, 0.05) is 12.1 Å². The number of ether oxygens (including phenoxy) is 1. The van der Waals surface area contributed by atoms with Crippen molar-refractivity contribution in [3.63, 3.8) is 0 Å². The largest absolute Gasteiger partial charge is 0.444 e. The standard InChI is InChI=1S/C25H38N4O5/c1-9-14-29(22(32)18(15-19(26)30)27-23(33)34-25(6,7)8)20(21(31)28-24(3,4)5)17-12-10-16(2)11-13-17/h9-13,18,20H,1,14-15H2,2-8H3,(H2,26,30)(H,27,33)(H,28,31). The minimum Gasteiger partial charge on any atom is -0.444 e. The molecule has 0 heterocycles. The van der Waals surface area contributed by atoms with E-state index in [4.69, 9.17) is 10.5 Å². The fraction of sp³-hybridized carbons (Fsp3) is 0.520. The van der Waals surface area contributed by atoms with Crippen LogP contribution in [-0.4, -0.2) is 52.4 Å². The minimum atomic E-state index is -1.33. The summed E-state index contributed by atoms with van der Waals surface area (Å²) >= 11 is 0. The van der Waals surface area contributed by atoms with Gasteiger partial charge in [-0.15, -0.1) is 6.58 Å². The molecule has 188 valence electrons. The van der Waals surface area contributed by atoms with Gasteiger partial charge in [-0.2, -0.15) is 0 Å². The topological polar surface area (TPSA) is 131 Å². The van der Waals surface area contributed by atoms with Crippen LogP contribution in [0.2, 0.25) is 0 Å². The average Bonchev–Trinajstić information content (AvgIpc) is 2.64. The van der Waals surface area contributed by atoms with Crippen molar-refractivity contribution in [2.24, 2.45) is 5.73 Å². The van der Waals surface area contributed by atoms with Crippen molar-refractivity contribution in [2.75, 3.05) is 6.54 Å². The zero-order valence-electron chi connectivity index (χ0n) is 21.2. The van der Waals surface area contributed by atoms with E-state index >= 15 is 0 Å². The summed E-state index contributed by atoms with van der Waals surface area (Å²) in [4.78, 5) is 52.4. The molecule has 9 heteroatoms. The molecule has 0 spiro atoms. The zero-order chi connectivity index (χ0) is 26.3. The maximum Gasteiger partial charge on any atom is 0.408 e. The van der Waals surface area contributed by atoms with Crippen LogP contribution in [0.4, 0.5) is 4.79 Å². The van der Waals surface area contributed by atoms with Gasteiger partial charge < -0.3 is 26.0 Å². The second-order valence-corrected chi connectivity index (χ2v) is 10.2. The number of benzene rings is 1. The Balaban J connectivity index is 3.46. The summed E-state index contributed by atoms with van der Waals surface area (Å²) < 4.78 is 5.24. The summed E-state index contributed by atoms with van der Waals surface area (Å²) in [6, 6.07) is 4.82. The number of alkyl carbamates (subject to hydrolysis) is 1. The van der Waals surface area contributed by atoms with Crippen molar-refractivity contribution in [3.8, 4) is 0 Å². The Bertz CT molecular complexity index is 897. The number of aryl methyl sites for hydroxylation is 1. The maximum absolute atomic E-state index is 13.6. The Labute approximate surface area is 202 Å². The number of nitrogens with one attached hydrogen (secondary N) is 2. The summed E-state index contributed by atoms with van der Waals surface area (Å²) in [5.74, 6) is -1.88. The van der Waals surface area contributed by atoms with Gasteiger partial charge in [-0.3, -0.25) is 14.4 Å². The predicted octanol–water partition coefficient (Wildman–Crippen LogP) is 2.73. The predicted molar refractivity (Wildman–Crippen MR) is 131 cm³/mol. The highest BCUT2D eigenvalue weighted by Crippen LogP contribution is 2.24. The molecule has 2 atom stereocenters. The lowest BCUT2D eigenvalue weighted by Gasteiger charge is -2.35. The fourth-order valence-electron chi connectivity index (χ4n) is 3.17. The number of primary amides is 1. The monoisotopic (exact) mass is 474 g/mol. The van der Waals surface area contributed by atoms with Crippen LogP contribution in [0.3, 0.4) is 0 Å². The van der Waals surface area contributed by atoms with E-state index in [0.29, 0.717) is 5.56 Å². The first-order chi connectivity index (χ1) is 15.5. The van der Waals surface area contributed by atoms with E-state index in [1.54, 1.807) is 32.9 Å². The SMILES string of the molecule is C=CCN(C(=O)C(CC(N)=O)NC(=O)OC(C)(C)C)C(C(=O)NC(C)(C)C)c1ccc(C)cc1. The third kappa shape index (κ3) is 9.64. The van der Waals surface area contributed by atoms with E-state index in [0.717, 1.165) is 5.56 Å². The smallest absolute Gasteiger partial charge is 0.408 e. The molecule has 4 amide bonds.